The molecule has 0 saturated heterocycles. The van der Waals surface area contributed by atoms with E-state index < -0.39 is 0 Å². The van der Waals surface area contributed by atoms with Crippen LogP contribution in [0.15, 0.2) is 12.2 Å². The molecular formula is C8H16O. The minimum Gasteiger partial charge on any atom is -0.389 e. The Labute approximate surface area is 57.4 Å². The average Bonchev–Trinajstić information content (AvgIpc) is 1.85. The Balaban J connectivity index is 3.15. The quantitative estimate of drug-likeness (QED) is 0.575. The van der Waals surface area contributed by atoms with Crippen molar-refractivity contribution >= 4 is 0 Å². The zero-order chi connectivity index (χ0) is 7.11. The molecule has 0 rings (SSSR count). The van der Waals surface area contributed by atoms with Gasteiger partial charge in [0.1, 0.15) is 0 Å². The van der Waals surface area contributed by atoms with Crippen molar-refractivity contribution in [3.8, 4) is 0 Å². The van der Waals surface area contributed by atoms with Crippen molar-refractivity contribution in [3.05, 3.63) is 12.2 Å². The summed E-state index contributed by atoms with van der Waals surface area (Å²) in [5, 5.41) is 9.09. The molecule has 0 fully saturated rings. The molecule has 0 amide bonds. The summed E-state index contributed by atoms with van der Waals surface area (Å²) >= 11 is 0. The van der Waals surface area contributed by atoms with Crippen molar-refractivity contribution in [1.29, 1.82) is 0 Å². The number of aliphatic hydroxyl groups is 1. The molecule has 0 bridgehead atoms. The van der Waals surface area contributed by atoms with Gasteiger partial charge >= 0.3 is 0 Å². The van der Waals surface area contributed by atoms with Gasteiger partial charge in [-0.25, -0.2) is 0 Å². The van der Waals surface area contributed by atoms with E-state index in [9.17, 15) is 0 Å². The topological polar surface area (TPSA) is 20.2 Å². The third-order valence-electron chi connectivity index (χ3n) is 1.27. The molecule has 1 unspecified atom stereocenters. The van der Waals surface area contributed by atoms with Crippen LogP contribution < -0.4 is 0 Å². The van der Waals surface area contributed by atoms with Gasteiger partial charge in [0.05, 0.1) is 6.10 Å². The molecule has 0 heterocycles. The highest BCUT2D eigenvalue weighted by Gasteiger charge is 1.94. The maximum absolute atomic E-state index is 9.09. The van der Waals surface area contributed by atoms with Crippen molar-refractivity contribution in [2.45, 2.75) is 39.2 Å². The second kappa shape index (κ2) is 5.83. The van der Waals surface area contributed by atoms with Crippen molar-refractivity contribution in [2.75, 3.05) is 0 Å². The van der Waals surface area contributed by atoms with Gasteiger partial charge in [0, 0.05) is 0 Å². The van der Waals surface area contributed by atoms with Gasteiger partial charge in [-0.3, -0.25) is 0 Å². The summed E-state index contributed by atoms with van der Waals surface area (Å²) in [4.78, 5) is 0. The molecule has 1 nitrogen and oxygen atoms in total. The molecule has 0 aromatic rings. The molecule has 0 aliphatic heterocycles. The Bertz CT molecular complexity index is 76.6. The smallest absolute Gasteiger partial charge is 0.0720 e. The van der Waals surface area contributed by atoms with E-state index in [1.54, 1.807) is 0 Å². The van der Waals surface area contributed by atoms with Gasteiger partial charge in [-0.05, 0) is 13.3 Å². The Kier molecular flexibility index (Phi) is 5.64. The first-order valence-corrected chi connectivity index (χ1v) is 3.62. The Hall–Kier alpha value is -0.300. The number of rotatable bonds is 4. The summed E-state index contributed by atoms with van der Waals surface area (Å²) in [5.41, 5.74) is 0. The van der Waals surface area contributed by atoms with Gasteiger partial charge in [-0.15, -0.1) is 0 Å². The largest absolute Gasteiger partial charge is 0.389 e. The van der Waals surface area contributed by atoms with Crippen LogP contribution in [0, 0.1) is 0 Å². The molecule has 1 atom stereocenters. The van der Waals surface area contributed by atoms with E-state index in [0.29, 0.717) is 0 Å². The van der Waals surface area contributed by atoms with Crippen LogP contribution in [-0.2, 0) is 0 Å². The highest BCUT2D eigenvalue weighted by molar-refractivity contribution is 4.84. The van der Waals surface area contributed by atoms with Gasteiger partial charge in [0.25, 0.3) is 0 Å². The highest BCUT2D eigenvalue weighted by Crippen LogP contribution is 2.00. The van der Waals surface area contributed by atoms with E-state index >= 15 is 0 Å². The second-order valence-corrected chi connectivity index (χ2v) is 2.24. The van der Waals surface area contributed by atoms with Gasteiger partial charge in [-0.2, -0.15) is 0 Å². The SMILES string of the molecule is C/C=C/C(O)CCCC. The van der Waals surface area contributed by atoms with Crippen LogP contribution in [-0.4, -0.2) is 11.2 Å². The van der Waals surface area contributed by atoms with Gasteiger partial charge in [0.15, 0.2) is 0 Å². The number of unbranched alkanes of at least 4 members (excludes halogenated alkanes) is 1. The van der Waals surface area contributed by atoms with E-state index in [-0.39, 0.29) is 6.10 Å². The summed E-state index contributed by atoms with van der Waals surface area (Å²) in [6, 6.07) is 0. The summed E-state index contributed by atoms with van der Waals surface area (Å²) in [5.74, 6) is 0. The number of hydrogen-bond acceptors (Lipinski definition) is 1. The third kappa shape index (κ3) is 5.57. The van der Waals surface area contributed by atoms with Crippen LogP contribution >= 0.6 is 0 Å². The number of aliphatic hydroxyl groups excluding tert-OH is 1. The van der Waals surface area contributed by atoms with Crippen molar-refractivity contribution in [3.63, 3.8) is 0 Å². The van der Waals surface area contributed by atoms with Crippen molar-refractivity contribution < 1.29 is 5.11 Å². The van der Waals surface area contributed by atoms with Crippen molar-refractivity contribution in [1.82, 2.24) is 0 Å². The minimum atomic E-state index is -0.213. The average molecular weight is 128 g/mol. The van der Waals surface area contributed by atoms with E-state index in [0.717, 1.165) is 19.3 Å². The Morgan fingerprint density at radius 1 is 1.56 bits per heavy atom. The van der Waals surface area contributed by atoms with Crippen LogP contribution in [0.1, 0.15) is 33.1 Å². The molecule has 0 radical (unpaired) electrons. The highest BCUT2D eigenvalue weighted by atomic mass is 16.3. The standard InChI is InChI=1S/C8H16O/c1-3-5-7-8(9)6-4-2/h4,6,8-9H,3,5,7H2,1-2H3/b6-4+. The fraction of sp³-hybridized carbons (Fsp3) is 0.750. The minimum absolute atomic E-state index is 0.213. The fourth-order valence-electron chi connectivity index (χ4n) is 0.732. The molecule has 9 heavy (non-hydrogen) atoms. The summed E-state index contributed by atoms with van der Waals surface area (Å²) in [6.07, 6.45) is 6.69. The van der Waals surface area contributed by atoms with E-state index in [2.05, 4.69) is 6.92 Å². The lowest BCUT2D eigenvalue weighted by Crippen LogP contribution is -2.00. The number of hydrogen-bond donors (Lipinski definition) is 1. The monoisotopic (exact) mass is 128 g/mol. The molecule has 0 aromatic heterocycles. The van der Waals surface area contributed by atoms with Gasteiger partial charge in [0.2, 0.25) is 0 Å². The van der Waals surface area contributed by atoms with E-state index in [1.807, 2.05) is 19.1 Å². The predicted molar refractivity (Wildman–Crippen MR) is 40.3 cm³/mol. The van der Waals surface area contributed by atoms with Crippen LogP contribution in [0.3, 0.4) is 0 Å². The normalized spacial score (nSPS) is 14.6. The maximum Gasteiger partial charge on any atom is 0.0720 e. The molecule has 0 aliphatic rings. The summed E-state index contributed by atoms with van der Waals surface area (Å²) in [6.45, 7) is 4.05. The first-order valence-electron chi connectivity index (χ1n) is 3.62. The lowest BCUT2D eigenvalue weighted by Gasteiger charge is -2.01. The maximum atomic E-state index is 9.09. The van der Waals surface area contributed by atoms with Crippen LogP contribution in [0.2, 0.25) is 0 Å². The summed E-state index contributed by atoms with van der Waals surface area (Å²) < 4.78 is 0. The fourth-order valence-corrected chi connectivity index (χ4v) is 0.732. The molecule has 1 N–H and O–H groups in total. The second-order valence-electron chi connectivity index (χ2n) is 2.24. The van der Waals surface area contributed by atoms with Gasteiger partial charge < -0.3 is 5.11 Å². The Morgan fingerprint density at radius 3 is 2.67 bits per heavy atom. The molecule has 1 heteroatoms. The lowest BCUT2D eigenvalue weighted by molar-refractivity contribution is 0.209. The van der Waals surface area contributed by atoms with Crippen LogP contribution in [0.4, 0.5) is 0 Å². The Morgan fingerprint density at radius 2 is 2.22 bits per heavy atom. The first kappa shape index (κ1) is 8.70. The van der Waals surface area contributed by atoms with Crippen molar-refractivity contribution in [2.24, 2.45) is 0 Å². The molecular weight excluding hydrogens is 112 g/mol. The van der Waals surface area contributed by atoms with Gasteiger partial charge in [-0.1, -0.05) is 31.9 Å². The zero-order valence-electron chi connectivity index (χ0n) is 6.30. The van der Waals surface area contributed by atoms with Crippen LogP contribution in [0.25, 0.3) is 0 Å². The van der Waals surface area contributed by atoms with E-state index in [4.69, 9.17) is 5.11 Å². The molecule has 0 saturated carbocycles. The lowest BCUT2D eigenvalue weighted by atomic mass is 10.1. The van der Waals surface area contributed by atoms with E-state index in [1.165, 1.54) is 0 Å². The first-order chi connectivity index (χ1) is 4.31. The molecule has 54 valence electrons. The molecule has 0 aromatic carbocycles. The third-order valence-corrected chi connectivity index (χ3v) is 1.27. The van der Waals surface area contributed by atoms with Crippen LogP contribution in [0.5, 0.6) is 0 Å². The zero-order valence-corrected chi connectivity index (χ0v) is 6.30. The predicted octanol–water partition coefficient (Wildman–Crippen LogP) is 2.11. The molecule has 0 spiro atoms. The summed E-state index contributed by atoms with van der Waals surface area (Å²) in [7, 11) is 0. The number of allylic oxidation sites excluding steroid dienone is 1. The molecule has 0 aliphatic carbocycles.